The van der Waals surface area contributed by atoms with Crippen molar-refractivity contribution in [2.24, 2.45) is 0 Å². The standard InChI is InChI=1S/C27H24N2O6/c1-18(30)35-22-14-12-20(13-15-22)19-8-10-21(11-9-19)27(33)34-17-25(31)28-23-5-2-3-6-24(23)29-16-4-7-26(29)32/h2-3,5-6,8-15H,4,7,16-17H2,1H3,(H,28,31). The van der Waals surface area contributed by atoms with Gasteiger partial charge in [-0.3, -0.25) is 14.4 Å². The average molecular weight is 472 g/mol. The van der Waals surface area contributed by atoms with Crippen LogP contribution in [0, 0.1) is 0 Å². The molecule has 0 atom stereocenters. The number of hydrogen-bond donors (Lipinski definition) is 1. The highest BCUT2D eigenvalue weighted by Gasteiger charge is 2.24. The highest BCUT2D eigenvalue weighted by Crippen LogP contribution is 2.29. The Balaban J connectivity index is 1.33. The third-order valence-electron chi connectivity index (χ3n) is 5.45. The van der Waals surface area contributed by atoms with Gasteiger partial charge in [0.25, 0.3) is 5.91 Å². The van der Waals surface area contributed by atoms with Crippen LogP contribution in [0.3, 0.4) is 0 Å². The van der Waals surface area contributed by atoms with Gasteiger partial charge in [0.2, 0.25) is 5.91 Å². The summed E-state index contributed by atoms with van der Waals surface area (Å²) in [7, 11) is 0. The van der Waals surface area contributed by atoms with Crippen LogP contribution >= 0.6 is 0 Å². The van der Waals surface area contributed by atoms with Crippen molar-refractivity contribution in [2.45, 2.75) is 19.8 Å². The quantitative estimate of drug-likeness (QED) is 0.408. The van der Waals surface area contributed by atoms with Gasteiger partial charge < -0.3 is 19.7 Å². The van der Waals surface area contributed by atoms with Gasteiger partial charge in [0.1, 0.15) is 5.75 Å². The highest BCUT2D eigenvalue weighted by molar-refractivity contribution is 6.03. The summed E-state index contributed by atoms with van der Waals surface area (Å²) in [5.74, 6) is -1.04. The first-order valence-electron chi connectivity index (χ1n) is 11.2. The molecule has 178 valence electrons. The lowest BCUT2D eigenvalue weighted by Gasteiger charge is -2.19. The molecule has 3 aromatic rings. The zero-order valence-corrected chi connectivity index (χ0v) is 19.2. The molecule has 0 saturated carbocycles. The molecule has 8 heteroatoms. The van der Waals surface area contributed by atoms with Gasteiger partial charge in [-0.2, -0.15) is 0 Å². The Morgan fingerprint density at radius 3 is 2.20 bits per heavy atom. The summed E-state index contributed by atoms with van der Waals surface area (Å²) in [5.41, 5.74) is 3.18. The molecule has 35 heavy (non-hydrogen) atoms. The predicted octanol–water partition coefficient (Wildman–Crippen LogP) is 4.20. The number of para-hydroxylation sites is 2. The third kappa shape index (κ3) is 5.92. The normalized spacial score (nSPS) is 12.8. The minimum absolute atomic E-state index is 0.0157. The van der Waals surface area contributed by atoms with Gasteiger partial charge >= 0.3 is 11.9 Å². The average Bonchev–Trinajstić information content (AvgIpc) is 3.28. The first-order chi connectivity index (χ1) is 16.9. The summed E-state index contributed by atoms with van der Waals surface area (Å²) in [6.45, 7) is 1.48. The molecule has 0 unspecified atom stereocenters. The Labute approximate surface area is 202 Å². The van der Waals surface area contributed by atoms with Crippen molar-refractivity contribution in [3.05, 3.63) is 78.4 Å². The van der Waals surface area contributed by atoms with Crippen molar-refractivity contribution in [1.82, 2.24) is 0 Å². The Morgan fingerprint density at radius 2 is 1.57 bits per heavy atom. The van der Waals surface area contributed by atoms with E-state index in [2.05, 4.69) is 5.32 Å². The molecule has 2 amide bonds. The number of anilines is 2. The molecule has 1 heterocycles. The van der Waals surface area contributed by atoms with Gasteiger partial charge in [0, 0.05) is 19.9 Å². The van der Waals surface area contributed by atoms with Crippen molar-refractivity contribution >= 4 is 35.1 Å². The van der Waals surface area contributed by atoms with E-state index in [1.165, 1.54) is 6.92 Å². The fraction of sp³-hybridized carbons (Fsp3) is 0.185. The number of ether oxygens (including phenoxy) is 2. The second kappa shape index (κ2) is 10.6. The molecule has 1 N–H and O–H groups in total. The summed E-state index contributed by atoms with van der Waals surface area (Å²) < 4.78 is 10.2. The highest BCUT2D eigenvalue weighted by atomic mass is 16.5. The van der Waals surface area contributed by atoms with E-state index in [0.29, 0.717) is 35.7 Å². The molecule has 3 aromatic carbocycles. The van der Waals surface area contributed by atoms with E-state index >= 15 is 0 Å². The van der Waals surface area contributed by atoms with Crippen LogP contribution < -0.4 is 15.0 Å². The van der Waals surface area contributed by atoms with Gasteiger partial charge in [-0.05, 0) is 53.9 Å². The van der Waals surface area contributed by atoms with Crippen molar-refractivity contribution in [1.29, 1.82) is 0 Å². The van der Waals surface area contributed by atoms with E-state index in [9.17, 15) is 19.2 Å². The van der Waals surface area contributed by atoms with Crippen molar-refractivity contribution in [3.63, 3.8) is 0 Å². The minimum Gasteiger partial charge on any atom is -0.452 e. The molecule has 1 saturated heterocycles. The first kappa shape index (κ1) is 23.7. The van der Waals surface area contributed by atoms with Crippen LogP contribution in [0.25, 0.3) is 11.1 Å². The first-order valence-corrected chi connectivity index (χ1v) is 11.2. The SMILES string of the molecule is CC(=O)Oc1ccc(-c2ccc(C(=O)OCC(=O)Nc3ccccc3N3CCCC3=O)cc2)cc1. The van der Waals surface area contributed by atoms with Crippen LogP contribution in [0.1, 0.15) is 30.1 Å². The number of esters is 2. The van der Waals surface area contributed by atoms with Crippen LogP contribution in [0.5, 0.6) is 5.75 Å². The molecular weight excluding hydrogens is 448 g/mol. The van der Waals surface area contributed by atoms with E-state index < -0.39 is 18.5 Å². The van der Waals surface area contributed by atoms with E-state index in [4.69, 9.17) is 9.47 Å². The predicted molar refractivity (Wildman–Crippen MR) is 130 cm³/mol. The molecule has 0 radical (unpaired) electrons. The Kier molecular flexibility index (Phi) is 7.21. The van der Waals surface area contributed by atoms with Gasteiger partial charge in [-0.15, -0.1) is 0 Å². The van der Waals surface area contributed by atoms with Gasteiger partial charge in [-0.1, -0.05) is 36.4 Å². The Bertz CT molecular complexity index is 1250. The second-order valence-corrected chi connectivity index (χ2v) is 7.99. The minimum atomic E-state index is -0.625. The van der Waals surface area contributed by atoms with Crippen LogP contribution in [-0.2, 0) is 19.1 Å². The second-order valence-electron chi connectivity index (χ2n) is 7.99. The van der Waals surface area contributed by atoms with E-state index in [0.717, 1.165) is 17.5 Å². The number of carbonyl (C=O) groups is 4. The summed E-state index contributed by atoms with van der Waals surface area (Å²) in [4.78, 5) is 49.6. The monoisotopic (exact) mass is 472 g/mol. The van der Waals surface area contributed by atoms with Crippen molar-refractivity contribution < 1.29 is 28.7 Å². The number of nitrogens with zero attached hydrogens (tertiary/aromatic N) is 1. The van der Waals surface area contributed by atoms with Gasteiger partial charge in [0.05, 0.1) is 16.9 Å². The summed E-state index contributed by atoms with van der Waals surface area (Å²) in [5, 5.41) is 2.72. The zero-order valence-electron chi connectivity index (χ0n) is 19.2. The lowest BCUT2D eigenvalue weighted by Crippen LogP contribution is -2.27. The lowest BCUT2D eigenvalue weighted by molar-refractivity contribution is -0.132. The number of benzene rings is 3. The maximum atomic E-state index is 12.4. The molecule has 0 spiro atoms. The molecule has 1 fully saturated rings. The smallest absolute Gasteiger partial charge is 0.338 e. The Morgan fingerprint density at radius 1 is 0.914 bits per heavy atom. The molecule has 0 aromatic heterocycles. The number of nitrogens with one attached hydrogen (secondary N) is 1. The summed E-state index contributed by atoms with van der Waals surface area (Å²) >= 11 is 0. The van der Waals surface area contributed by atoms with E-state index in [1.54, 1.807) is 65.6 Å². The van der Waals surface area contributed by atoms with Crippen molar-refractivity contribution in [2.75, 3.05) is 23.4 Å². The number of rotatable bonds is 7. The molecule has 4 rings (SSSR count). The van der Waals surface area contributed by atoms with Crippen LogP contribution in [0.2, 0.25) is 0 Å². The number of hydrogen-bond acceptors (Lipinski definition) is 6. The van der Waals surface area contributed by atoms with Crippen molar-refractivity contribution in [3.8, 4) is 16.9 Å². The molecule has 0 bridgehead atoms. The van der Waals surface area contributed by atoms with E-state index in [-0.39, 0.29) is 11.9 Å². The fourth-order valence-corrected chi connectivity index (χ4v) is 3.80. The molecular formula is C27H24N2O6. The zero-order chi connectivity index (χ0) is 24.8. The molecule has 1 aliphatic rings. The van der Waals surface area contributed by atoms with Crippen LogP contribution in [0.15, 0.2) is 72.8 Å². The van der Waals surface area contributed by atoms with Gasteiger partial charge in [0.15, 0.2) is 6.61 Å². The fourth-order valence-electron chi connectivity index (χ4n) is 3.80. The molecule has 1 aliphatic heterocycles. The number of amides is 2. The summed E-state index contributed by atoms with van der Waals surface area (Å²) in [6.07, 6.45) is 1.26. The van der Waals surface area contributed by atoms with Crippen LogP contribution in [0.4, 0.5) is 11.4 Å². The molecule has 0 aliphatic carbocycles. The topological polar surface area (TPSA) is 102 Å². The Hall–Kier alpha value is -4.46. The van der Waals surface area contributed by atoms with Crippen LogP contribution in [-0.4, -0.2) is 36.9 Å². The van der Waals surface area contributed by atoms with Gasteiger partial charge in [-0.25, -0.2) is 4.79 Å². The maximum absolute atomic E-state index is 12.4. The van der Waals surface area contributed by atoms with E-state index in [1.807, 2.05) is 12.1 Å². The lowest BCUT2D eigenvalue weighted by atomic mass is 10.0. The largest absolute Gasteiger partial charge is 0.452 e. The maximum Gasteiger partial charge on any atom is 0.338 e. The number of carbonyl (C=O) groups excluding carboxylic acids is 4. The third-order valence-corrected chi connectivity index (χ3v) is 5.45. The molecule has 8 nitrogen and oxygen atoms in total. The summed E-state index contributed by atoms with van der Waals surface area (Å²) in [6, 6.07) is 20.8.